The van der Waals surface area contributed by atoms with E-state index in [0.29, 0.717) is 0 Å². The van der Waals surface area contributed by atoms with Gasteiger partial charge in [0, 0.05) is 12.7 Å². The van der Waals surface area contributed by atoms with Crippen molar-refractivity contribution >= 4 is 47.2 Å². The third-order valence-corrected chi connectivity index (χ3v) is 8.52. The Labute approximate surface area is 186 Å². The summed E-state index contributed by atoms with van der Waals surface area (Å²) >= 11 is 0. The second-order valence-electron chi connectivity index (χ2n) is 8.04. The number of rotatable bonds is 4. The van der Waals surface area contributed by atoms with Gasteiger partial charge < -0.3 is 4.90 Å². The maximum Gasteiger partial charge on any atom is 0.241 e. The van der Waals surface area contributed by atoms with Gasteiger partial charge in [-0.15, -0.1) is 0 Å². The SMILES string of the molecule is CC1=CN(C)c2ccccc2B1c1ccccc1P(c1ccccc1)c1ccccc1. The van der Waals surface area contributed by atoms with E-state index in [9.17, 15) is 0 Å². The third-order valence-electron chi connectivity index (χ3n) is 6.00. The van der Waals surface area contributed by atoms with E-state index in [1.54, 1.807) is 0 Å². The van der Waals surface area contributed by atoms with Crippen LogP contribution in [-0.4, -0.2) is 13.8 Å². The van der Waals surface area contributed by atoms with Crippen LogP contribution in [0.1, 0.15) is 6.92 Å². The summed E-state index contributed by atoms with van der Waals surface area (Å²) in [6.45, 7) is 2.53. The molecule has 0 bridgehead atoms. The highest BCUT2D eigenvalue weighted by molar-refractivity contribution is 7.80. The number of nitrogens with zero attached hydrogens (tertiary/aromatic N) is 1. The molecule has 5 rings (SSSR count). The normalized spacial score (nSPS) is 13.2. The van der Waals surface area contributed by atoms with Gasteiger partial charge in [0.05, 0.1) is 0 Å². The molecule has 0 N–H and O–H groups in total. The lowest BCUT2D eigenvalue weighted by Crippen LogP contribution is -2.53. The highest BCUT2D eigenvalue weighted by Crippen LogP contribution is 2.32. The minimum absolute atomic E-state index is 0.265. The van der Waals surface area contributed by atoms with Crippen molar-refractivity contribution in [2.24, 2.45) is 0 Å². The Balaban J connectivity index is 1.73. The monoisotopic (exact) mass is 417 g/mol. The van der Waals surface area contributed by atoms with Gasteiger partial charge in [-0.25, -0.2) is 0 Å². The summed E-state index contributed by atoms with van der Waals surface area (Å²) in [5.74, 6) is 0. The summed E-state index contributed by atoms with van der Waals surface area (Å²) in [5, 5.41) is 4.21. The zero-order valence-electron chi connectivity index (χ0n) is 17.9. The van der Waals surface area contributed by atoms with Crippen molar-refractivity contribution in [1.29, 1.82) is 0 Å². The molecule has 1 aliphatic rings. The van der Waals surface area contributed by atoms with Crippen LogP contribution in [-0.2, 0) is 0 Å². The summed E-state index contributed by atoms with van der Waals surface area (Å²) in [6.07, 6.45) is 2.29. The van der Waals surface area contributed by atoms with E-state index in [-0.39, 0.29) is 6.71 Å². The van der Waals surface area contributed by atoms with Gasteiger partial charge in [0.2, 0.25) is 6.71 Å². The number of benzene rings is 4. The van der Waals surface area contributed by atoms with Crippen molar-refractivity contribution in [2.75, 3.05) is 11.9 Å². The van der Waals surface area contributed by atoms with Crippen LogP contribution < -0.4 is 31.7 Å². The summed E-state index contributed by atoms with van der Waals surface area (Å²) < 4.78 is 0. The van der Waals surface area contributed by atoms with Crippen molar-refractivity contribution < 1.29 is 0 Å². The Morgan fingerprint density at radius 3 is 1.77 bits per heavy atom. The first kappa shape index (κ1) is 19.9. The number of hydrogen-bond acceptors (Lipinski definition) is 1. The molecule has 0 saturated heterocycles. The van der Waals surface area contributed by atoms with E-state index in [1.807, 2.05) is 0 Å². The van der Waals surface area contributed by atoms with E-state index in [0.717, 1.165) is 0 Å². The molecule has 1 aliphatic heterocycles. The van der Waals surface area contributed by atoms with Crippen LogP contribution in [0, 0.1) is 0 Å². The predicted octanol–water partition coefficient (Wildman–Crippen LogP) is 3.95. The predicted molar refractivity (Wildman–Crippen MR) is 139 cm³/mol. The molecule has 0 fully saturated rings. The molecule has 0 spiro atoms. The summed E-state index contributed by atoms with van der Waals surface area (Å²) in [5.41, 5.74) is 5.46. The lowest BCUT2D eigenvalue weighted by molar-refractivity contribution is 1.19. The molecule has 150 valence electrons. The number of anilines is 1. The van der Waals surface area contributed by atoms with E-state index < -0.39 is 7.92 Å². The number of fused-ring (bicyclic) bond motifs is 1. The number of hydrogen-bond donors (Lipinski definition) is 0. The van der Waals surface area contributed by atoms with E-state index in [2.05, 4.69) is 134 Å². The van der Waals surface area contributed by atoms with E-state index >= 15 is 0 Å². The Morgan fingerprint density at radius 2 is 1.13 bits per heavy atom. The fraction of sp³-hybridized carbons (Fsp3) is 0.0714. The van der Waals surface area contributed by atoms with Crippen LogP contribution in [0.5, 0.6) is 0 Å². The maximum absolute atomic E-state index is 2.34. The first-order valence-corrected chi connectivity index (χ1v) is 12.1. The highest BCUT2D eigenvalue weighted by Gasteiger charge is 2.32. The average molecular weight is 417 g/mol. The van der Waals surface area contributed by atoms with Crippen molar-refractivity contribution in [2.45, 2.75) is 6.92 Å². The fourth-order valence-electron chi connectivity index (χ4n) is 4.68. The van der Waals surface area contributed by atoms with Gasteiger partial charge in [-0.2, -0.15) is 0 Å². The van der Waals surface area contributed by atoms with Crippen LogP contribution in [0.4, 0.5) is 5.69 Å². The first-order valence-electron chi connectivity index (χ1n) is 10.7. The molecule has 31 heavy (non-hydrogen) atoms. The Morgan fingerprint density at radius 1 is 0.613 bits per heavy atom. The van der Waals surface area contributed by atoms with Gasteiger partial charge in [0.1, 0.15) is 0 Å². The maximum atomic E-state index is 2.34. The Hall–Kier alpha value is -3.09. The van der Waals surface area contributed by atoms with Gasteiger partial charge in [-0.1, -0.05) is 114 Å². The molecule has 0 aliphatic carbocycles. The van der Waals surface area contributed by atoms with Crippen LogP contribution in [0.3, 0.4) is 0 Å². The molecule has 1 heterocycles. The Bertz CT molecular complexity index is 1180. The minimum Gasteiger partial charge on any atom is -0.352 e. The van der Waals surface area contributed by atoms with Crippen LogP contribution in [0.15, 0.2) is 121 Å². The van der Waals surface area contributed by atoms with E-state index in [4.69, 9.17) is 0 Å². The van der Waals surface area contributed by atoms with Crippen molar-refractivity contribution in [3.63, 3.8) is 0 Å². The van der Waals surface area contributed by atoms with Gasteiger partial charge in [-0.05, 0) is 48.5 Å². The van der Waals surface area contributed by atoms with Crippen LogP contribution in [0.25, 0.3) is 0 Å². The third kappa shape index (κ3) is 3.73. The molecule has 0 aromatic heterocycles. The summed E-state index contributed by atoms with van der Waals surface area (Å²) in [4.78, 5) is 2.25. The molecule has 4 aromatic rings. The Kier molecular flexibility index (Phi) is 5.49. The van der Waals surface area contributed by atoms with Crippen LogP contribution in [0.2, 0.25) is 0 Å². The van der Waals surface area contributed by atoms with Gasteiger partial charge >= 0.3 is 0 Å². The topological polar surface area (TPSA) is 3.24 Å². The molecule has 0 radical (unpaired) electrons. The zero-order valence-corrected chi connectivity index (χ0v) is 18.8. The quantitative estimate of drug-likeness (QED) is 0.359. The first-order chi connectivity index (χ1) is 15.2. The second kappa shape index (κ2) is 8.57. The molecule has 4 aromatic carbocycles. The summed E-state index contributed by atoms with van der Waals surface area (Å²) in [7, 11) is 1.49. The summed E-state index contributed by atoms with van der Waals surface area (Å²) in [6, 6.07) is 39.8. The molecule has 0 saturated carbocycles. The lowest BCUT2D eigenvalue weighted by Gasteiger charge is -2.32. The van der Waals surface area contributed by atoms with Gasteiger partial charge in [-0.3, -0.25) is 0 Å². The molecule has 3 heteroatoms. The lowest BCUT2D eigenvalue weighted by atomic mass is 9.35. The second-order valence-corrected chi connectivity index (χ2v) is 10.2. The molecular formula is C28H25BNP. The van der Waals surface area contributed by atoms with Gasteiger partial charge in [0.15, 0.2) is 0 Å². The molecule has 0 amide bonds. The molecule has 1 nitrogen and oxygen atoms in total. The van der Waals surface area contributed by atoms with E-state index in [1.165, 1.54) is 38.0 Å². The van der Waals surface area contributed by atoms with Crippen molar-refractivity contribution in [3.8, 4) is 0 Å². The highest BCUT2D eigenvalue weighted by atomic mass is 31.1. The molecule has 0 atom stereocenters. The standard InChI is InChI=1S/C28H25BNP/c1-22-21-30(2)27-19-11-9-17-25(27)29(22)26-18-10-12-20-28(26)31(23-13-5-3-6-14-23)24-15-7-4-8-16-24/h3-21H,1-2H3. The molecule has 0 unspecified atom stereocenters. The van der Waals surface area contributed by atoms with Gasteiger partial charge in [0.25, 0.3) is 0 Å². The number of allylic oxidation sites excluding steroid dienone is 1. The largest absolute Gasteiger partial charge is 0.352 e. The average Bonchev–Trinajstić information content (AvgIpc) is 2.82. The van der Waals surface area contributed by atoms with Crippen LogP contribution >= 0.6 is 7.92 Å². The fourth-order valence-corrected chi connectivity index (χ4v) is 7.17. The van der Waals surface area contributed by atoms with Crippen molar-refractivity contribution in [1.82, 2.24) is 0 Å². The zero-order chi connectivity index (χ0) is 21.2. The van der Waals surface area contributed by atoms with Crippen molar-refractivity contribution in [3.05, 3.63) is 121 Å². The minimum atomic E-state index is -0.652. The molecular weight excluding hydrogens is 392 g/mol. The number of para-hydroxylation sites is 1. The smallest absolute Gasteiger partial charge is 0.241 e.